The normalized spacial score (nSPS) is 19.7. The summed E-state index contributed by atoms with van der Waals surface area (Å²) < 4.78 is 0. The summed E-state index contributed by atoms with van der Waals surface area (Å²) in [5.74, 6) is 0. The summed E-state index contributed by atoms with van der Waals surface area (Å²) in [6, 6.07) is 0.341. The van der Waals surface area contributed by atoms with Crippen molar-refractivity contribution in [3.63, 3.8) is 0 Å². The van der Waals surface area contributed by atoms with Crippen molar-refractivity contribution >= 4 is 11.3 Å². The average Bonchev–Trinajstić information content (AvgIpc) is 2.90. The van der Waals surface area contributed by atoms with Gasteiger partial charge in [0.1, 0.15) is 0 Å². The Morgan fingerprint density at radius 3 is 2.58 bits per heavy atom. The van der Waals surface area contributed by atoms with Gasteiger partial charge in [0.2, 0.25) is 0 Å². The molecule has 1 aliphatic rings. The maximum absolute atomic E-state index is 9.35. The maximum Gasteiger partial charge on any atom is 0.0926 e. The summed E-state index contributed by atoms with van der Waals surface area (Å²) in [7, 11) is 0. The van der Waals surface area contributed by atoms with E-state index in [2.05, 4.69) is 34.0 Å². The van der Waals surface area contributed by atoms with Gasteiger partial charge in [-0.2, -0.15) is 0 Å². The first-order valence-corrected chi connectivity index (χ1v) is 8.15. The second kappa shape index (κ2) is 7.33. The molecule has 1 atom stereocenters. The third kappa shape index (κ3) is 3.99. The summed E-state index contributed by atoms with van der Waals surface area (Å²) in [6.07, 6.45) is 2.07. The summed E-state index contributed by atoms with van der Waals surface area (Å²) in [5.41, 5.74) is 1.21. The van der Waals surface area contributed by atoms with E-state index in [4.69, 9.17) is 0 Å². The van der Waals surface area contributed by atoms with E-state index in [9.17, 15) is 5.11 Å². The molecule has 2 rings (SSSR count). The molecule has 1 fully saturated rings. The van der Waals surface area contributed by atoms with Gasteiger partial charge in [0.25, 0.3) is 0 Å². The topological polar surface area (TPSA) is 39.6 Å². The first-order valence-electron chi connectivity index (χ1n) is 7.27. The Morgan fingerprint density at radius 1 is 1.32 bits per heavy atom. The number of aliphatic hydroxyl groups excluding tert-OH is 1. The summed E-state index contributed by atoms with van der Waals surface area (Å²) in [4.78, 5) is 9.51. The van der Waals surface area contributed by atoms with Gasteiger partial charge in [0.15, 0.2) is 0 Å². The van der Waals surface area contributed by atoms with Crippen LogP contribution in [-0.2, 0) is 13.0 Å². The van der Waals surface area contributed by atoms with Crippen molar-refractivity contribution in [3.8, 4) is 0 Å². The quantitative estimate of drug-likeness (QED) is 0.861. The highest BCUT2D eigenvalue weighted by Crippen LogP contribution is 2.15. The predicted octanol–water partition coefficient (Wildman–Crippen LogP) is 1.59. The van der Waals surface area contributed by atoms with Crippen LogP contribution >= 0.6 is 11.3 Å². The molecule has 0 saturated carbocycles. The molecule has 1 aromatic rings. The average molecular weight is 283 g/mol. The van der Waals surface area contributed by atoms with E-state index in [-0.39, 0.29) is 6.61 Å². The van der Waals surface area contributed by atoms with Crippen LogP contribution in [-0.4, -0.2) is 58.7 Å². The fourth-order valence-corrected chi connectivity index (χ4v) is 3.34. The first-order chi connectivity index (χ1) is 9.26. The standard InChI is InChI=1S/C14H25N3OS/c1-3-13(10-18)17-7-5-16(6-8-17)9-12-11-19-14(4-2)15-12/h11,13,18H,3-10H2,1-2H3. The molecule has 5 heteroatoms. The lowest BCUT2D eigenvalue weighted by atomic mass is 10.1. The highest BCUT2D eigenvalue weighted by molar-refractivity contribution is 7.09. The molecule has 1 saturated heterocycles. The molecular formula is C14H25N3OS. The molecule has 0 spiro atoms. The second-order valence-corrected chi connectivity index (χ2v) is 6.09. The Morgan fingerprint density at radius 2 is 2.05 bits per heavy atom. The van der Waals surface area contributed by atoms with E-state index in [1.54, 1.807) is 11.3 Å². The smallest absolute Gasteiger partial charge is 0.0926 e. The Balaban J connectivity index is 1.80. The minimum absolute atomic E-state index is 0.280. The zero-order valence-electron chi connectivity index (χ0n) is 12.0. The van der Waals surface area contributed by atoms with E-state index in [0.717, 1.165) is 45.6 Å². The first kappa shape index (κ1) is 14.9. The zero-order chi connectivity index (χ0) is 13.7. The number of hydrogen-bond donors (Lipinski definition) is 1. The predicted molar refractivity (Wildman–Crippen MR) is 79.5 cm³/mol. The van der Waals surface area contributed by atoms with Crippen molar-refractivity contribution in [1.29, 1.82) is 0 Å². The molecule has 0 radical (unpaired) electrons. The molecule has 1 aromatic heterocycles. The minimum Gasteiger partial charge on any atom is -0.395 e. The van der Waals surface area contributed by atoms with Crippen molar-refractivity contribution in [2.24, 2.45) is 0 Å². The molecular weight excluding hydrogens is 258 g/mol. The largest absolute Gasteiger partial charge is 0.395 e. The van der Waals surface area contributed by atoms with Crippen LogP contribution in [0.3, 0.4) is 0 Å². The highest BCUT2D eigenvalue weighted by atomic mass is 32.1. The third-order valence-corrected chi connectivity index (χ3v) is 4.93. The van der Waals surface area contributed by atoms with Crippen LogP contribution in [0.2, 0.25) is 0 Å². The van der Waals surface area contributed by atoms with Gasteiger partial charge in [-0.25, -0.2) is 4.98 Å². The van der Waals surface area contributed by atoms with E-state index in [0.29, 0.717) is 6.04 Å². The molecule has 108 valence electrons. The lowest BCUT2D eigenvalue weighted by molar-refractivity contribution is 0.0604. The molecule has 0 amide bonds. The summed E-state index contributed by atoms with van der Waals surface area (Å²) >= 11 is 1.77. The molecule has 4 nitrogen and oxygen atoms in total. The number of piperazine rings is 1. The number of aromatic nitrogens is 1. The van der Waals surface area contributed by atoms with Crippen molar-refractivity contribution in [2.75, 3.05) is 32.8 Å². The highest BCUT2D eigenvalue weighted by Gasteiger charge is 2.22. The lowest BCUT2D eigenvalue weighted by Gasteiger charge is -2.38. The Hall–Kier alpha value is -0.490. The van der Waals surface area contributed by atoms with Gasteiger partial charge in [0, 0.05) is 44.1 Å². The van der Waals surface area contributed by atoms with Crippen LogP contribution in [0.5, 0.6) is 0 Å². The van der Waals surface area contributed by atoms with Crippen LogP contribution in [0.1, 0.15) is 31.0 Å². The molecule has 0 aromatic carbocycles. The van der Waals surface area contributed by atoms with Gasteiger partial charge < -0.3 is 5.11 Å². The van der Waals surface area contributed by atoms with Crippen LogP contribution in [0.25, 0.3) is 0 Å². The van der Waals surface area contributed by atoms with Crippen molar-refractivity contribution in [2.45, 2.75) is 39.3 Å². The number of rotatable bonds is 6. The van der Waals surface area contributed by atoms with E-state index >= 15 is 0 Å². The number of aliphatic hydroxyl groups is 1. The Bertz CT molecular complexity index is 371. The SMILES string of the molecule is CCc1nc(CN2CCN(C(CC)CO)CC2)cs1. The van der Waals surface area contributed by atoms with Crippen LogP contribution in [0.15, 0.2) is 5.38 Å². The molecule has 0 aliphatic carbocycles. The molecule has 2 heterocycles. The van der Waals surface area contributed by atoms with E-state index in [1.165, 1.54) is 10.7 Å². The Labute approximate surface area is 120 Å². The second-order valence-electron chi connectivity index (χ2n) is 5.14. The summed E-state index contributed by atoms with van der Waals surface area (Å²) in [5, 5.41) is 12.8. The monoisotopic (exact) mass is 283 g/mol. The van der Waals surface area contributed by atoms with Crippen LogP contribution in [0, 0.1) is 0 Å². The Kier molecular flexibility index (Phi) is 5.76. The van der Waals surface area contributed by atoms with Crippen molar-refractivity contribution in [3.05, 3.63) is 16.1 Å². The minimum atomic E-state index is 0.280. The van der Waals surface area contributed by atoms with E-state index < -0.39 is 0 Å². The summed E-state index contributed by atoms with van der Waals surface area (Å²) in [6.45, 7) is 9.83. The zero-order valence-corrected chi connectivity index (χ0v) is 12.8. The van der Waals surface area contributed by atoms with Gasteiger partial charge in [-0.1, -0.05) is 13.8 Å². The lowest BCUT2D eigenvalue weighted by Crippen LogP contribution is -2.50. The van der Waals surface area contributed by atoms with Gasteiger partial charge in [-0.15, -0.1) is 11.3 Å². The fourth-order valence-electron chi connectivity index (χ4n) is 2.60. The number of nitrogens with zero attached hydrogens (tertiary/aromatic N) is 3. The van der Waals surface area contributed by atoms with Gasteiger partial charge in [-0.3, -0.25) is 9.80 Å². The van der Waals surface area contributed by atoms with Crippen molar-refractivity contribution < 1.29 is 5.11 Å². The molecule has 1 aliphatic heterocycles. The number of thiazole rings is 1. The number of hydrogen-bond acceptors (Lipinski definition) is 5. The van der Waals surface area contributed by atoms with Gasteiger partial charge in [-0.05, 0) is 12.8 Å². The van der Waals surface area contributed by atoms with Crippen LogP contribution < -0.4 is 0 Å². The molecule has 19 heavy (non-hydrogen) atoms. The van der Waals surface area contributed by atoms with Gasteiger partial charge in [0.05, 0.1) is 17.3 Å². The molecule has 1 N–H and O–H groups in total. The molecule has 0 bridgehead atoms. The fraction of sp³-hybridized carbons (Fsp3) is 0.786. The number of aryl methyl sites for hydroxylation is 1. The van der Waals surface area contributed by atoms with Gasteiger partial charge >= 0.3 is 0 Å². The van der Waals surface area contributed by atoms with E-state index in [1.807, 2.05) is 0 Å². The molecule has 1 unspecified atom stereocenters. The maximum atomic E-state index is 9.35. The van der Waals surface area contributed by atoms with Crippen LogP contribution in [0.4, 0.5) is 0 Å². The van der Waals surface area contributed by atoms with Crippen molar-refractivity contribution in [1.82, 2.24) is 14.8 Å². The third-order valence-electron chi connectivity index (χ3n) is 3.89.